The van der Waals surface area contributed by atoms with Crippen LogP contribution >= 0.6 is 27.3 Å². The van der Waals surface area contributed by atoms with E-state index in [9.17, 15) is 4.79 Å². The Morgan fingerprint density at radius 3 is 2.61 bits per heavy atom. The summed E-state index contributed by atoms with van der Waals surface area (Å²) in [4.78, 5) is 17.0. The van der Waals surface area contributed by atoms with Crippen molar-refractivity contribution >= 4 is 50.2 Å². The number of anilines is 2. The van der Waals surface area contributed by atoms with Gasteiger partial charge in [-0.25, -0.2) is 10.4 Å². The van der Waals surface area contributed by atoms with Crippen LogP contribution in [0.4, 0.5) is 10.8 Å². The van der Waals surface area contributed by atoms with Crippen molar-refractivity contribution in [1.82, 2.24) is 10.4 Å². The van der Waals surface area contributed by atoms with Crippen LogP contribution < -0.4 is 20.2 Å². The van der Waals surface area contributed by atoms with Gasteiger partial charge in [-0.05, 0) is 52.3 Å². The summed E-state index contributed by atoms with van der Waals surface area (Å²) in [6.07, 6.45) is 1.55. The normalized spacial score (nSPS) is 12.2. The number of aromatic nitrogens is 1. The van der Waals surface area contributed by atoms with E-state index >= 15 is 0 Å². The van der Waals surface area contributed by atoms with Crippen molar-refractivity contribution in [3.63, 3.8) is 0 Å². The molecule has 1 aliphatic heterocycles. The van der Waals surface area contributed by atoms with Crippen LogP contribution in [0.25, 0.3) is 11.3 Å². The van der Waals surface area contributed by atoms with Crippen LogP contribution in [0.1, 0.15) is 15.9 Å². The van der Waals surface area contributed by atoms with E-state index in [-0.39, 0.29) is 12.7 Å². The molecule has 5 rings (SSSR count). The van der Waals surface area contributed by atoms with Gasteiger partial charge in [-0.2, -0.15) is 5.10 Å². The van der Waals surface area contributed by atoms with Crippen LogP contribution in [-0.2, 0) is 0 Å². The van der Waals surface area contributed by atoms with E-state index in [0.717, 1.165) is 32.1 Å². The second kappa shape index (κ2) is 9.43. The molecule has 1 aromatic heterocycles. The van der Waals surface area contributed by atoms with Gasteiger partial charge in [0, 0.05) is 32.2 Å². The summed E-state index contributed by atoms with van der Waals surface area (Å²) in [5, 5.41) is 10.1. The molecule has 2 heterocycles. The zero-order valence-corrected chi connectivity index (χ0v) is 19.5. The average molecular weight is 521 g/mol. The fourth-order valence-corrected chi connectivity index (χ4v) is 4.32. The number of carbonyl (C=O) groups is 1. The van der Waals surface area contributed by atoms with Crippen molar-refractivity contribution in [3.8, 4) is 22.8 Å². The number of benzene rings is 3. The molecule has 0 aliphatic carbocycles. The Kier molecular flexibility index (Phi) is 6.05. The van der Waals surface area contributed by atoms with Gasteiger partial charge in [0.05, 0.1) is 11.9 Å². The number of rotatable bonds is 6. The monoisotopic (exact) mass is 520 g/mol. The van der Waals surface area contributed by atoms with Crippen LogP contribution in [0.5, 0.6) is 11.5 Å². The lowest BCUT2D eigenvalue weighted by molar-refractivity contribution is 0.0955. The highest BCUT2D eigenvalue weighted by molar-refractivity contribution is 9.10. The van der Waals surface area contributed by atoms with Crippen molar-refractivity contribution in [2.45, 2.75) is 0 Å². The summed E-state index contributed by atoms with van der Waals surface area (Å²) >= 11 is 4.99. The Morgan fingerprint density at radius 1 is 1.06 bits per heavy atom. The molecular weight excluding hydrogens is 504 g/mol. The van der Waals surface area contributed by atoms with Crippen molar-refractivity contribution < 1.29 is 14.3 Å². The molecule has 164 valence electrons. The van der Waals surface area contributed by atoms with E-state index in [2.05, 4.69) is 36.8 Å². The van der Waals surface area contributed by atoms with Gasteiger partial charge in [-0.1, -0.05) is 30.3 Å². The van der Waals surface area contributed by atoms with Gasteiger partial charge < -0.3 is 14.8 Å². The predicted octanol–water partition coefficient (Wildman–Crippen LogP) is 5.81. The van der Waals surface area contributed by atoms with Crippen LogP contribution in [0.3, 0.4) is 0 Å². The third-order valence-electron chi connectivity index (χ3n) is 4.83. The number of nitrogens with zero attached hydrogens (tertiary/aromatic N) is 2. The van der Waals surface area contributed by atoms with Gasteiger partial charge in [0.25, 0.3) is 5.91 Å². The molecule has 1 aliphatic rings. The van der Waals surface area contributed by atoms with Gasteiger partial charge in [-0.3, -0.25) is 4.79 Å². The molecule has 0 saturated carbocycles. The summed E-state index contributed by atoms with van der Waals surface area (Å²) in [5.41, 5.74) is 6.63. The molecule has 2 N–H and O–H groups in total. The Hall–Kier alpha value is -3.69. The minimum Gasteiger partial charge on any atom is -0.454 e. The first-order chi connectivity index (χ1) is 16.2. The summed E-state index contributed by atoms with van der Waals surface area (Å²) in [7, 11) is 0. The number of nitrogens with one attached hydrogen (secondary N) is 2. The highest BCUT2D eigenvalue weighted by Crippen LogP contribution is 2.36. The van der Waals surface area contributed by atoms with Gasteiger partial charge in [0.1, 0.15) is 0 Å². The lowest BCUT2D eigenvalue weighted by atomic mass is 10.2. The van der Waals surface area contributed by atoms with E-state index in [0.29, 0.717) is 17.1 Å². The first-order valence-corrected chi connectivity index (χ1v) is 11.6. The van der Waals surface area contributed by atoms with Gasteiger partial charge in [0.15, 0.2) is 16.6 Å². The van der Waals surface area contributed by atoms with Gasteiger partial charge in [0.2, 0.25) is 6.79 Å². The Balaban J connectivity index is 1.20. The third-order valence-corrected chi connectivity index (χ3v) is 6.28. The highest BCUT2D eigenvalue weighted by Gasteiger charge is 2.15. The highest BCUT2D eigenvalue weighted by atomic mass is 79.9. The van der Waals surface area contributed by atoms with Crippen molar-refractivity contribution in [3.05, 3.63) is 87.7 Å². The zero-order valence-electron chi connectivity index (χ0n) is 17.1. The number of halogens is 1. The Bertz CT molecular complexity index is 1320. The molecule has 0 bridgehead atoms. The molecule has 0 unspecified atom stereocenters. The van der Waals surface area contributed by atoms with Crippen LogP contribution in [-0.4, -0.2) is 23.9 Å². The number of hydrogen-bond acceptors (Lipinski definition) is 7. The first-order valence-electron chi connectivity index (χ1n) is 9.96. The summed E-state index contributed by atoms with van der Waals surface area (Å²) in [5.74, 6) is 1.01. The predicted molar refractivity (Wildman–Crippen MR) is 133 cm³/mol. The van der Waals surface area contributed by atoms with E-state index in [1.165, 1.54) is 11.3 Å². The van der Waals surface area contributed by atoms with Crippen LogP contribution in [0.2, 0.25) is 0 Å². The molecule has 4 aromatic rings. The quantitative estimate of drug-likeness (QED) is 0.247. The molecule has 0 fully saturated rings. The average Bonchev–Trinajstić information content (AvgIpc) is 3.49. The maximum atomic E-state index is 12.4. The standard InChI is InChI=1S/C24H17BrN4O3S/c25-19-11-22-21(31-14-32-22)10-17(19)12-26-29-23(30)16-6-8-18(9-7-16)27-24-28-20(13-33-24)15-4-2-1-3-5-15/h1-13H,14H2,(H,27,28)(H,29,30)/b26-12+. The molecular formula is C24H17BrN4O3S. The lowest BCUT2D eigenvalue weighted by Crippen LogP contribution is -2.17. The third kappa shape index (κ3) is 4.89. The van der Waals surface area contributed by atoms with Crippen LogP contribution in [0.15, 0.2) is 81.7 Å². The van der Waals surface area contributed by atoms with Gasteiger partial charge >= 0.3 is 0 Å². The summed E-state index contributed by atoms with van der Waals surface area (Å²) in [6.45, 7) is 0.195. The molecule has 3 aromatic carbocycles. The molecule has 33 heavy (non-hydrogen) atoms. The zero-order chi connectivity index (χ0) is 22.6. The largest absolute Gasteiger partial charge is 0.454 e. The minimum absolute atomic E-state index is 0.195. The lowest BCUT2D eigenvalue weighted by Gasteiger charge is -2.05. The molecule has 0 atom stereocenters. The van der Waals surface area contributed by atoms with Crippen molar-refractivity contribution in [2.75, 3.05) is 12.1 Å². The molecule has 0 saturated heterocycles. The minimum atomic E-state index is -0.310. The fourth-order valence-electron chi connectivity index (χ4n) is 3.16. The number of hydrazone groups is 1. The molecule has 7 nitrogen and oxygen atoms in total. The number of fused-ring (bicyclic) bond motifs is 1. The van der Waals surface area contributed by atoms with E-state index < -0.39 is 0 Å². The number of hydrogen-bond donors (Lipinski definition) is 2. The number of ether oxygens (including phenoxy) is 2. The topological polar surface area (TPSA) is 84.8 Å². The first kappa shape index (κ1) is 21.2. The maximum absolute atomic E-state index is 12.4. The molecule has 9 heteroatoms. The van der Waals surface area contributed by atoms with Crippen molar-refractivity contribution in [1.29, 1.82) is 0 Å². The van der Waals surface area contributed by atoms with Crippen molar-refractivity contribution in [2.24, 2.45) is 5.10 Å². The van der Waals surface area contributed by atoms with E-state index in [4.69, 9.17) is 9.47 Å². The van der Waals surface area contributed by atoms with E-state index in [1.807, 2.05) is 53.9 Å². The van der Waals surface area contributed by atoms with E-state index in [1.54, 1.807) is 24.4 Å². The second-order valence-corrected chi connectivity index (χ2v) is 8.74. The second-order valence-electron chi connectivity index (χ2n) is 7.03. The van der Waals surface area contributed by atoms with Crippen LogP contribution in [0, 0.1) is 0 Å². The Labute approximate surface area is 202 Å². The van der Waals surface area contributed by atoms with Gasteiger partial charge in [-0.15, -0.1) is 11.3 Å². The summed E-state index contributed by atoms with van der Waals surface area (Å²) in [6, 6.07) is 20.7. The fraction of sp³-hybridized carbons (Fsp3) is 0.0417. The molecule has 0 radical (unpaired) electrons. The summed E-state index contributed by atoms with van der Waals surface area (Å²) < 4.78 is 11.5. The number of carbonyl (C=O) groups excluding carboxylic acids is 1. The maximum Gasteiger partial charge on any atom is 0.271 e. The Morgan fingerprint density at radius 2 is 1.82 bits per heavy atom. The number of thiazole rings is 1. The number of amides is 1. The molecule has 1 amide bonds. The molecule has 0 spiro atoms. The smallest absolute Gasteiger partial charge is 0.271 e. The SMILES string of the molecule is O=C(N/N=C/c1cc2c(cc1Br)OCO2)c1ccc(Nc2nc(-c3ccccc3)cs2)cc1.